The molecule has 1 atom stereocenters. The van der Waals surface area contributed by atoms with Crippen molar-refractivity contribution in [3.63, 3.8) is 0 Å². The van der Waals surface area contributed by atoms with Crippen LogP contribution in [0.4, 0.5) is 4.39 Å². The molecule has 8 heteroatoms. The van der Waals surface area contributed by atoms with Gasteiger partial charge in [-0.25, -0.2) is 12.8 Å². The lowest BCUT2D eigenvalue weighted by Crippen LogP contribution is -2.33. The maximum atomic E-state index is 13.1. The van der Waals surface area contributed by atoms with E-state index in [1.807, 2.05) is 0 Å². The third-order valence-electron chi connectivity index (χ3n) is 3.70. The SMILES string of the molecule is CCN(C(C)c1ccc(F)cc1)S(=O)(=O)c1cncc(C(N)=O)c1. The van der Waals surface area contributed by atoms with E-state index in [1.54, 1.807) is 13.8 Å². The number of nitrogens with zero attached hydrogens (tertiary/aromatic N) is 2. The molecular formula is C16H18FN3O3S. The highest BCUT2D eigenvalue weighted by molar-refractivity contribution is 7.89. The molecule has 6 nitrogen and oxygen atoms in total. The van der Waals surface area contributed by atoms with Crippen LogP contribution in [-0.4, -0.2) is 30.2 Å². The highest BCUT2D eigenvalue weighted by Gasteiger charge is 2.29. The maximum absolute atomic E-state index is 13.1. The molecule has 1 amide bonds. The average molecular weight is 351 g/mol. The van der Waals surface area contributed by atoms with E-state index in [9.17, 15) is 17.6 Å². The fourth-order valence-corrected chi connectivity index (χ4v) is 4.01. The number of sulfonamides is 1. The summed E-state index contributed by atoms with van der Waals surface area (Å²) in [5.74, 6) is -1.15. The minimum Gasteiger partial charge on any atom is -0.366 e. The van der Waals surface area contributed by atoms with Crippen molar-refractivity contribution >= 4 is 15.9 Å². The largest absolute Gasteiger partial charge is 0.366 e. The van der Waals surface area contributed by atoms with Gasteiger partial charge in [-0.05, 0) is 30.7 Å². The zero-order valence-electron chi connectivity index (χ0n) is 13.3. The Labute approximate surface area is 140 Å². The monoisotopic (exact) mass is 351 g/mol. The van der Waals surface area contributed by atoms with Crippen LogP contribution in [0.3, 0.4) is 0 Å². The van der Waals surface area contributed by atoms with Crippen LogP contribution in [0.15, 0.2) is 47.6 Å². The molecule has 2 aromatic rings. The Morgan fingerprint density at radius 2 is 1.92 bits per heavy atom. The third-order valence-corrected chi connectivity index (χ3v) is 5.71. The van der Waals surface area contributed by atoms with Crippen LogP contribution in [0.5, 0.6) is 0 Å². The van der Waals surface area contributed by atoms with Gasteiger partial charge in [0.1, 0.15) is 10.7 Å². The Morgan fingerprint density at radius 3 is 2.46 bits per heavy atom. The van der Waals surface area contributed by atoms with E-state index in [-0.39, 0.29) is 17.0 Å². The molecule has 24 heavy (non-hydrogen) atoms. The van der Waals surface area contributed by atoms with Crippen LogP contribution < -0.4 is 5.73 Å². The number of hydrogen-bond donors (Lipinski definition) is 1. The average Bonchev–Trinajstić information content (AvgIpc) is 2.56. The Bertz CT molecular complexity index is 838. The topological polar surface area (TPSA) is 93.4 Å². The molecule has 0 fully saturated rings. The van der Waals surface area contributed by atoms with E-state index in [1.165, 1.54) is 47.0 Å². The first-order chi connectivity index (χ1) is 11.3. The van der Waals surface area contributed by atoms with Gasteiger partial charge in [0.15, 0.2) is 0 Å². The second-order valence-electron chi connectivity index (χ2n) is 5.21. The van der Waals surface area contributed by atoms with Crippen LogP contribution in [0.2, 0.25) is 0 Å². The molecule has 0 saturated carbocycles. The fraction of sp³-hybridized carbons (Fsp3) is 0.250. The third kappa shape index (κ3) is 3.60. The number of halogens is 1. The van der Waals surface area contributed by atoms with E-state index in [0.29, 0.717) is 5.56 Å². The second-order valence-corrected chi connectivity index (χ2v) is 7.10. The molecule has 0 bridgehead atoms. The zero-order valence-corrected chi connectivity index (χ0v) is 14.1. The summed E-state index contributed by atoms with van der Waals surface area (Å²) in [6, 6.07) is 6.32. The standard InChI is InChI=1S/C16H18FN3O3S/c1-3-20(11(2)12-4-6-14(17)7-5-12)24(22,23)15-8-13(16(18)21)9-19-10-15/h4-11H,3H2,1-2H3,(H2,18,21). The summed E-state index contributed by atoms with van der Waals surface area (Å²) in [6.07, 6.45) is 2.38. The molecular weight excluding hydrogens is 333 g/mol. The van der Waals surface area contributed by atoms with Gasteiger partial charge in [-0.2, -0.15) is 4.31 Å². The lowest BCUT2D eigenvalue weighted by atomic mass is 10.1. The molecule has 0 aliphatic carbocycles. The number of amides is 1. The molecule has 1 heterocycles. The summed E-state index contributed by atoms with van der Waals surface area (Å²) in [7, 11) is -3.90. The van der Waals surface area contributed by atoms with E-state index in [0.717, 1.165) is 0 Å². The number of hydrogen-bond acceptors (Lipinski definition) is 4. The van der Waals surface area contributed by atoms with Crippen molar-refractivity contribution in [2.24, 2.45) is 5.73 Å². The molecule has 0 spiro atoms. The molecule has 0 saturated heterocycles. The number of carbonyl (C=O) groups is 1. The summed E-state index contributed by atoms with van der Waals surface area (Å²) < 4.78 is 40.1. The summed E-state index contributed by atoms with van der Waals surface area (Å²) >= 11 is 0. The van der Waals surface area contributed by atoms with Gasteiger partial charge in [-0.3, -0.25) is 9.78 Å². The molecule has 128 valence electrons. The highest BCUT2D eigenvalue weighted by Crippen LogP contribution is 2.27. The minimum atomic E-state index is -3.90. The van der Waals surface area contributed by atoms with E-state index >= 15 is 0 Å². The van der Waals surface area contributed by atoms with Crippen molar-refractivity contribution < 1.29 is 17.6 Å². The van der Waals surface area contributed by atoms with Crippen LogP contribution in [0.1, 0.15) is 35.8 Å². The van der Waals surface area contributed by atoms with Gasteiger partial charge in [-0.1, -0.05) is 19.1 Å². The minimum absolute atomic E-state index is 0.0153. The van der Waals surface area contributed by atoms with Gasteiger partial charge < -0.3 is 5.73 Å². The maximum Gasteiger partial charge on any atom is 0.250 e. The molecule has 0 aliphatic heterocycles. The quantitative estimate of drug-likeness (QED) is 0.862. The normalized spacial score (nSPS) is 13.0. The highest BCUT2D eigenvalue weighted by atomic mass is 32.2. The van der Waals surface area contributed by atoms with Gasteiger partial charge in [0.25, 0.3) is 0 Å². The van der Waals surface area contributed by atoms with Gasteiger partial charge in [0, 0.05) is 25.0 Å². The Kier molecular flexibility index (Phi) is 5.30. The molecule has 1 unspecified atom stereocenters. The summed E-state index contributed by atoms with van der Waals surface area (Å²) in [6.45, 7) is 3.60. The first-order valence-corrected chi connectivity index (χ1v) is 8.73. The molecule has 2 N–H and O–H groups in total. The number of pyridine rings is 1. The van der Waals surface area contributed by atoms with Crippen molar-refractivity contribution in [1.82, 2.24) is 9.29 Å². The number of carbonyl (C=O) groups excluding carboxylic acids is 1. The smallest absolute Gasteiger partial charge is 0.250 e. The van der Waals surface area contributed by atoms with Crippen molar-refractivity contribution in [2.45, 2.75) is 24.8 Å². The first-order valence-electron chi connectivity index (χ1n) is 7.29. The second kappa shape index (κ2) is 7.06. The van der Waals surface area contributed by atoms with Gasteiger partial charge in [-0.15, -0.1) is 0 Å². The molecule has 1 aromatic carbocycles. The fourth-order valence-electron chi connectivity index (χ4n) is 2.39. The predicted octanol–water partition coefficient (Wildman–Crippen LogP) is 2.09. The van der Waals surface area contributed by atoms with Crippen molar-refractivity contribution in [3.05, 3.63) is 59.7 Å². The molecule has 0 aliphatic rings. The van der Waals surface area contributed by atoms with Crippen molar-refractivity contribution in [1.29, 1.82) is 0 Å². The lowest BCUT2D eigenvalue weighted by Gasteiger charge is -2.27. The van der Waals surface area contributed by atoms with Gasteiger partial charge in [0.2, 0.25) is 15.9 Å². The number of nitrogens with two attached hydrogens (primary N) is 1. The number of aromatic nitrogens is 1. The van der Waals surface area contributed by atoms with Crippen molar-refractivity contribution in [2.75, 3.05) is 6.54 Å². The summed E-state index contributed by atoms with van der Waals surface area (Å²) in [5.41, 5.74) is 5.85. The van der Waals surface area contributed by atoms with E-state index in [2.05, 4.69) is 4.98 Å². The molecule has 2 rings (SSSR count). The van der Waals surface area contributed by atoms with E-state index < -0.39 is 27.8 Å². The van der Waals surface area contributed by atoms with Crippen LogP contribution in [-0.2, 0) is 10.0 Å². The Hall–Kier alpha value is -2.32. The predicted molar refractivity (Wildman–Crippen MR) is 87.1 cm³/mol. The van der Waals surface area contributed by atoms with Gasteiger partial charge in [0.05, 0.1) is 5.56 Å². The first kappa shape index (κ1) is 18.0. The van der Waals surface area contributed by atoms with Crippen LogP contribution >= 0.6 is 0 Å². The lowest BCUT2D eigenvalue weighted by molar-refractivity contribution is 0.0999. The summed E-state index contributed by atoms with van der Waals surface area (Å²) in [5, 5.41) is 0. The number of benzene rings is 1. The van der Waals surface area contributed by atoms with Gasteiger partial charge >= 0.3 is 0 Å². The van der Waals surface area contributed by atoms with E-state index in [4.69, 9.17) is 5.73 Å². The Morgan fingerprint density at radius 1 is 1.29 bits per heavy atom. The van der Waals surface area contributed by atoms with Crippen LogP contribution in [0, 0.1) is 5.82 Å². The summed E-state index contributed by atoms with van der Waals surface area (Å²) in [4.78, 5) is 14.9. The Balaban J connectivity index is 2.42. The number of rotatable bonds is 6. The van der Waals surface area contributed by atoms with Crippen molar-refractivity contribution in [3.8, 4) is 0 Å². The zero-order chi connectivity index (χ0) is 17.9. The molecule has 1 aromatic heterocycles. The van der Waals surface area contributed by atoms with Crippen LogP contribution in [0.25, 0.3) is 0 Å². The molecule has 0 radical (unpaired) electrons. The number of primary amides is 1.